The van der Waals surface area contributed by atoms with E-state index in [1.54, 1.807) is 0 Å². The minimum atomic E-state index is 0.209. The molecular formula is C14H16BrClN4. The van der Waals surface area contributed by atoms with Crippen LogP contribution in [0, 0.1) is 6.92 Å². The molecule has 0 amide bonds. The average Bonchev–Trinajstić information content (AvgIpc) is 2.38. The molecule has 6 heteroatoms. The van der Waals surface area contributed by atoms with Gasteiger partial charge in [0, 0.05) is 21.0 Å². The van der Waals surface area contributed by atoms with Gasteiger partial charge < -0.3 is 11.1 Å². The van der Waals surface area contributed by atoms with E-state index in [1.165, 1.54) is 0 Å². The van der Waals surface area contributed by atoms with E-state index >= 15 is 0 Å². The Morgan fingerprint density at radius 1 is 1.30 bits per heavy atom. The molecule has 0 unspecified atom stereocenters. The van der Waals surface area contributed by atoms with Crippen molar-refractivity contribution in [1.82, 2.24) is 9.97 Å². The van der Waals surface area contributed by atoms with Crippen LogP contribution in [-0.2, 0) is 0 Å². The summed E-state index contributed by atoms with van der Waals surface area (Å²) in [4.78, 5) is 8.84. The first-order valence-corrected chi connectivity index (χ1v) is 7.41. The number of nitrogens with one attached hydrogen (secondary N) is 1. The van der Waals surface area contributed by atoms with Gasteiger partial charge in [0.2, 0.25) is 0 Å². The third kappa shape index (κ3) is 3.22. The van der Waals surface area contributed by atoms with Crippen molar-refractivity contribution in [3.05, 3.63) is 39.1 Å². The van der Waals surface area contributed by atoms with E-state index < -0.39 is 0 Å². The highest BCUT2D eigenvalue weighted by molar-refractivity contribution is 9.10. The lowest BCUT2D eigenvalue weighted by Crippen LogP contribution is -2.08. The zero-order valence-electron chi connectivity index (χ0n) is 11.5. The number of nitrogens with zero attached hydrogens (tertiary/aromatic N) is 2. The Hall–Kier alpha value is -1.33. The quantitative estimate of drug-likeness (QED) is 0.841. The Balaban J connectivity index is 2.45. The Kier molecular flexibility index (Phi) is 4.50. The highest BCUT2D eigenvalue weighted by atomic mass is 79.9. The van der Waals surface area contributed by atoms with Crippen molar-refractivity contribution in [2.75, 3.05) is 11.1 Å². The fourth-order valence-electron chi connectivity index (χ4n) is 1.65. The Bertz CT molecular complexity index is 643. The fourth-order valence-corrected chi connectivity index (χ4v) is 2.17. The smallest absolute Gasteiger partial charge is 0.139 e. The van der Waals surface area contributed by atoms with Crippen molar-refractivity contribution < 1.29 is 0 Å². The summed E-state index contributed by atoms with van der Waals surface area (Å²) < 4.78 is 0.907. The molecule has 1 heterocycles. The van der Waals surface area contributed by atoms with Crippen LogP contribution in [0.3, 0.4) is 0 Å². The van der Waals surface area contributed by atoms with E-state index in [0.29, 0.717) is 22.5 Å². The molecule has 0 aliphatic carbocycles. The highest BCUT2D eigenvalue weighted by Gasteiger charge is 2.12. The number of hydrogen-bond donors (Lipinski definition) is 2. The van der Waals surface area contributed by atoms with E-state index in [9.17, 15) is 0 Å². The van der Waals surface area contributed by atoms with Gasteiger partial charge in [-0.1, -0.05) is 25.4 Å². The predicted octanol–water partition coefficient (Wildman–Crippen LogP) is 4.65. The first-order valence-electron chi connectivity index (χ1n) is 6.24. The molecule has 20 heavy (non-hydrogen) atoms. The van der Waals surface area contributed by atoms with Gasteiger partial charge in [0.15, 0.2) is 0 Å². The van der Waals surface area contributed by atoms with Crippen molar-refractivity contribution in [3.63, 3.8) is 0 Å². The van der Waals surface area contributed by atoms with Crippen LogP contribution in [0.1, 0.15) is 31.2 Å². The van der Waals surface area contributed by atoms with E-state index in [2.05, 4.69) is 31.2 Å². The van der Waals surface area contributed by atoms with Gasteiger partial charge in [-0.05, 0) is 41.1 Å². The maximum absolute atomic E-state index is 6.02. The lowest BCUT2D eigenvalue weighted by Gasteiger charge is -2.14. The predicted molar refractivity (Wildman–Crippen MR) is 87.7 cm³/mol. The zero-order valence-corrected chi connectivity index (χ0v) is 13.9. The number of hydrogen-bond acceptors (Lipinski definition) is 4. The van der Waals surface area contributed by atoms with Gasteiger partial charge in [0.25, 0.3) is 0 Å². The van der Waals surface area contributed by atoms with E-state index in [0.717, 1.165) is 15.7 Å². The third-order valence-corrected chi connectivity index (χ3v) is 3.83. The zero-order chi connectivity index (χ0) is 14.9. The summed E-state index contributed by atoms with van der Waals surface area (Å²) >= 11 is 9.50. The lowest BCUT2D eigenvalue weighted by atomic mass is 10.2. The molecule has 0 saturated heterocycles. The monoisotopic (exact) mass is 354 g/mol. The lowest BCUT2D eigenvalue weighted by molar-refractivity contribution is 0.776. The topological polar surface area (TPSA) is 63.8 Å². The number of nitrogen functional groups attached to an aromatic ring is 1. The number of halogens is 2. The standard InChI is InChI=1S/C14H16BrClN4/c1-7(2)13-19-12(17)8(3)14(20-13)18-11-6-9(16)4-5-10(11)15/h4-7H,1-3H3,(H3,17,18,19,20). The Labute approximate surface area is 131 Å². The Morgan fingerprint density at radius 3 is 2.65 bits per heavy atom. The second kappa shape index (κ2) is 5.97. The first-order chi connectivity index (χ1) is 9.38. The van der Waals surface area contributed by atoms with Gasteiger partial charge in [-0.15, -0.1) is 0 Å². The molecule has 0 bridgehead atoms. The van der Waals surface area contributed by atoms with Gasteiger partial charge in [0.05, 0.1) is 5.69 Å². The average molecular weight is 356 g/mol. The molecule has 106 valence electrons. The van der Waals surface area contributed by atoms with Crippen molar-refractivity contribution in [1.29, 1.82) is 0 Å². The maximum Gasteiger partial charge on any atom is 0.139 e. The summed E-state index contributed by atoms with van der Waals surface area (Å²) in [6, 6.07) is 5.53. The second-order valence-electron chi connectivity index (χ2n) is 4.84. The van der Waals surface area contributed by atoms with Crippen LogP contribution in [0.15, 0.2) is 22.7 Å². The normalized spacial score (nSPS) is 10.9. The summed E-state index contributed by atoms with van der Waals surface area (Å²) in [5.41, 5.74) is 7.61. The number of aromatic nitrogens is 2. The first kappa shape index (κ1) is 15.1. The highest BCUT2D eigenvalue weighted by Crippen LogP contribution is 2.30. The van der Waals surface area contributed by atoms with Gasteiger partial charge in [-0.2, -0.15) is 0 Å². The van der Waals surface area contributed by atoms with Crippen LogP contribution in [0.25, 0.3) is 0 Å². The largest absolute Gasteiger partial charge is 0.383 e. The number of anilines is 3. The van der Waals surface area contributed by atoms with E-state index in [1.807, 2.05) is 39.0 Å². The van der Waals surface area contributed by atoms with Crippen LogP contribution in [-0.4, -0.2) is 9.97 Å². The van der Waals surface area contributed by atoms with E-state index in [-0.39, 0.29) is 5.92 Å². The maximum atomic E-state index is 6.02. The molecule has 2 rings (SSSR count). The summed E-state index contributed by atoms with van der Waals surface area (Å²) in [5.74, 6) is 2.11. The SMILES string of the molecule is Cc1c(N)nc(C(C)C)nc1Nc1cc(Cl)ccc1Br. The summed E-state index contributed by atoms with van der Waals surface area (Å²) in [5, 5.41) is 3.91. The summed E-state index contributed by atoms with van der Waals surface area (Å²) in [6.07, 6.45) is 0. The number of rotatable bonds is 3. The molecule has 0 radical (unpaired) electrons. The van der Waals surface area contributed by atoms with Gasteiger partial charge >= 0.3 is 0 Å². The van der Waals surface area contributed by atoms with Crippen molar-refractivity contribution in [2.45, 2.75) is 26.7 Å². The van der Waals surface area contributed by atoms with Gasteiger partial charge in [-0.3, -0.25) is 0 Å². The number of benzene rings is 1. The van der Waals surface area contributed by atoms with Crippen molar-refractivity contribution >= 4 is 44.9 Å². The Morgan fingerprint density at radius 2 is 2.00 bits per heavy atom. The van der Waals surface area contributed by atoms with Crippen molar-refractivity contribution in [2.24, 2.45) is 0 Å². The van der Waals surface area contributed by atoms with Crippen LogP contribution < -0.4 is 11.1 Å². The van der Waals surface area contributed by atoms with Crippen molar-refractivity contribution in [3.8, 4) is 0 Å². The molecule has 0 saturated carbocycles. The second-order valence-corrected chi connectivity index (χ2v) is 6.14. The molecule has 0 aliphatic rings. The fraction of sp³-hybridized carbons (Fsp3) is 0.286. The summed E-state index contributed by atoms with van der Waals surface area (Å²) in [6.45, 7) is 5.95. The molecule has 1 aromatic heterocycles. The number of nitrogens with two attached hydrogens (primary N) is 1. The molecule has 0 atom stereocenters. The van der Waals surface area contributed by atoms with Crippen LogP contribution >= 0.6 is 27.5 Å². The van der Waals surface area contributed by atoms with Gasteiger partial charge in [0.1, 0.15) is 17.5 Å². The minimum Gasteiger partial charge on any atom is -0.383 e. The van der Waals surface area contributed by atoms with Crippen LogP contribution in [0.4, 0.5) is 17.3 Å². The molecular weight excluding hydrogens is 340 g/mol. The van der Waals surface area contributed by atoms with Gasteiger partial charge in [-0.25, -0.2) is 9.97 Å². The molecule has 0 spiro atoms. The molecule has 4 nitrogen and oxygen atoms in total. The molecule has 0 fully saturated rings. The summed E-state index contributed by atoms with van der Waals surface area (Å²) in [7, 11) is 0. The van der Waals surface area contributed by atoms with E-state index in [4.69, 9.17) is 17.3 Å². The van der Waals surface area contributed by atoms with Crippen LogP contribution in [0.5, 0.6) is 0 Å². The molecule has 2 aromatic rings. The van der Waals surface area contributed by atoms with Crippen LogP contribution in [0.2, 0.25) is 5.02 Å². The molecule has 0 aliphatic heterocycles. The minimum absolute atomic E-state index is 0.209. The molecule has 1 aromatic carbocycles. The third-order valence-electron chi connectivity index (χ3n) is 2.90. The molecule has 3 N–H and O–H groups in total.